The highest BCUT2D eigenvalue weighted by Crippen LogP contribution is 2.37. The average Bonchev–Trinajstić information content (AvgIpc) is 2.92. The molecule has 39 heavy (non-hydrogen) atoms. The third-order valence-corrected chi connectivity index (χ3v) is 7.12. The molecule has 4 aromatic rings. The summed E-state index contributed by atoms with van der Waals surface area (Å²) in [7, 11) is 12.8. The molecule has 2 aromatic heterocycles. The molecule has 0 bridgehead atoms. The van der Waals surface area contributed by atoms with Crippen molar-refractivity contribution >= 4 is 66.3 Å². The minimum atomic E-state index is -0.330. The maximum atomic E-state index is 13.0. The fraction of sp³-hybridized carbons (Fsp3) is 0.222. The van der Waals surface area contributed by atoms with Crippen LogP contribution in [0.1, 0.15) is 16.8 Å². The van der Waals surface area contributed by atoms with Gasteiger partial charge in [-0.2, -0.15) is 0 Å². The Morgan fingerprint density at radius 2 is 1.59 bits per heavy atom. The smallest absolute Gasteiger partial charge is 0.261 e. The number of nitrogens with one attached hydrogen (secondary N) is 2. The Balaban J connectivity index is 1.60. The molecule has 3 atom stereocenters. The van der Waals surface area contributed by atoms with E-state index in [2.05, 4.69) is 48.3 Å². The molecule has 0 radical (unpaired) electrons. The Hall–Kier alpha value is -3.08. The molecule has 0 aliphatic carbocycles. The fourth-order valence-electron chi connectivity index (χ4n) is 3.95. The average molecular weight is 584 g/mol. The van der Waals surface area contributed by atoms with Gasteiger partial charge >= 0.3 is 0 Å². The minimum Gasteiger partial charge on any atom is -0.496 e. The number of fused-ring (bicyclic) bond motifs is 1. The van der Waals surface area contributed by atoms with Gasteiger partial charge in [-0.05, 0) is 50.3 Å². The second-order valence-electron chi connectivity index (χ2n) is 8.45. The van der Waals surface area contributed by atoms with Gasteiger partial charge in [-0.1, -0.05) is 9.24 Å². The summed E-state index contributed by atoms with van der Waals surface area (Å²) in [6.45, 7) is 1.42. The molecule has 0 saturated heterocycles. The van der Waals surface area contributed by atoms with Gasteiger partial charge in [-0.25, -0.2) is 0 Å². The quantitative estimate of drug-likeness (QED) is 0.205. The minimum absolute atomic E-state index is 0.330. The van der Waals surface area contributed by atoms with Crippen molar-refractivity contribution in [3.8, 4) is 28.7 Å². The first-order chi connectivity index (χ1) is 18.9. The number of ether oxygens (including phenoxy) is 4. The maximum absolute atomic E-state index is 13.0. The van der Waals surface area contributed by atoms with Gasteiger partial charge < -0.3 is 29.6 Å². The summed E-state index contributed by atoms with van der Waals surface area (Å²) >= 11 is 0. The molecule has 9 nitrogen and oxygen atoms in total. The summed E-state index contributed by atoms with van der Waals surface area (Å²) in [6.07, 6.45) is 4.15. The summed E-state index contributed by atoms with van der Waals surface area (Å²) in [5.41, 5.74) is 2.16. The van der Waals surface area contributed by atoms with Gasteiger partial charge in [-0.15, -0.1) is 18.5 Å². The predicted octanol–water partition coefficient (Wildman–Crippen LogP) is 3.18. The number of benzene rings is 2. The van der Waals surface area contributed by atoms with Crippen LogP contribution < -0.4 is 45.6 Å². The third-order valence-electron chi connectivity index (χ3n) is 5.82. The molecule has 1 amide bonds. The van der Waals surface area contributed by atoms with Crippen molar-refractivity contribution in [1.82, 2.24) is 15.3 Å². The predicted molar refractivity (Wildman–Crippen MR) is 166 cm³/mol. The molecular formula is C27H31N4O5P3. The van der Waals surface area contributed by atoms with Crippen molar-refractivity contribution < 1.29 is 23.7 Å². The highest BCUT2D eigenvalue weighted by molar-refractivity contribution is 7.30. The lowest BCUT2D eigenvalue weighted by molar-refractivity contribution is 0.102. The van der Waals surface area contributed by atoms with Crippen LogP contribution in [-0.2, 0) is 0 Å². The molecule has 4 rings (SSSR count). The van der Waals surface area contributed by atoms with E-state index in [-0.39, 0.29) is 5.91 Å². The number of carbonyl (C=O) groups excluding carboxylic acids is 1. The standard InChI is InChI=1S/C27H31N4O5P3/c1-28-7-4-10-35-21-14-17-16(13-20(21)34-3)18(5-8-29-17)36-25-22(37)11-15(12-23(25)38)31-26(32)24-19(33-2)6-9-30-27(24)39/h5-6,8-9,11-14,28H,4,7,10,37-39H2,1-3H3,(H,31,32). The lowest BCUT2D eigenvalue weighted by atomic mass is 10.1. The van der Waals surface area contributed by atoms with Crippen LogP contribution in [0.2, 0.25) is 0 Å². The normalized spacial score (nSPS) is 10.8. The topological polar surface area (TPSA) is 104 Å². The van der Waals surface area contributed by atoms with Gasteiger partial charge in [0.2, 0.25) is 0 Å². The van der Waals surface area contributed by atoms with E-state index in [4.69, 9.17) is 18.9 Å². The summed E-state index contributed by atoms with van der Waals surface area (Å²) in [5, 5.41) is 8.31. The van der Waals surface area contributed by atoms with Crippen molar-refractivity contribution in [2.45, 2.75) is 6.42 Å². The number of anilines is 1. The largest absolute Gasteiger partial charge is 0.496 e. The number of hydrogen-bond donors (Lipinski definition) is 2. The molecule has 3 unspecified atom stereocenters. The summed E-state index contributed by atoms with van der Waals surface area (Å²) in [6, 6.07) is 10.8. The Labute approximate surface area is 234 Å². The van der Waals surface area contributed by atoms with Crippen LogP contribution >= 0.6 is 27.7 Å². The monoisotopic (exact) mass is 584 g/mol. The molecule has 2 N–H and O–H groups in total. The summed E-state index contributed by atoms with van der Waals surface area (Å²) in [4.78, 5) is 21.7. The van der Waals surface area contributed by atoms with Crippen molar-refractivity contribution in [3.63, 3.8) is 0 Å². The van der Waals surface area contributed by atoms with Crippen LogP contribution in [0.25, 0.3) is 10.9 Å². The van der Waals surface area contributed by atoms with E-state index in [1.807, 2.05) is 31.3 Å². The van der Waals surface area contributed by atoms with E-state index in [0.29, 0.717) is 52.0 Å². The zero-order valence-electron chi connectivity index (χ0n) is 21.9. The molecule has 0 aliphatic rings. The third kappa shape index (κ3) is 6.74. The van der Waals surface area contributed by atoms with Gasteiger partial charge in [0.1, 0.15) is 22.8 Å². The molecule has 0 spiro atoms. The number of carbonyl (C=O) groups is 1. The van der Waals surface area contributed by atoms with Crippen molar-refractivity contribution in [3.05, 3.63) is 54.4 Å². The number of methoxy groups -OCH3 is 2. The second-order valence-corrected chi connectivity index (χ2v) is 10.2. The fourth-order valence-corrected chi connectivity index (χ4v) is 5.28. The molecular weight excluding hydrogens is 553 g/mol. The van der Waals surface area contributed by atoms with Crippen molar-refractivity contribution in [1.29, 1.82) is 0 Å². The van der Waals surface area contributed by atoms with Crippen molar-refractivity contribution in [2.24, 2.45) is 0 Å². The number of hydrogen-bond acceptors (Lipinski definition) is 8. The molecule has 0 saturated carbocycles. The van der Waals surface area contributed by atoms with Gasteiger partial charge in [0, 0.05) is 40.1 Å². The Kier molecular flexibility index (Phi) is 9.88. The highest BCUT2D eigenvalue weighted by Gasteiger charge is 2.19. The first-order valence-electron chi connectivity index (χ1n) is 12.1. The first kappa shape index (κ1) is 28.9. The lowest BCUT2D eigenvalue weighted by Gasteiger charge is -2.17. The summed E-state index contributed by atoms with van der Waals surface area (Å²) < 4.78 is 23.2. The number of rotatable bonds is 11. The van der Waals surface area contributed by atoms with Crippen LogP contribution in [0.4, 0.5) is 5.69 Å². The van der Waals surface area contributed by atoms with E-state index >= 15 is 0 Å². The zero-order chi connectivity index (χ0) is 27.9. The second kappa shape index (κ2) is 13.3. The van der Waals surface area contributed by atoms with E-state index in [9.17, 15) is 4.79 Å². The number of aromatic nitrogens is 2. The van der Waals surface area contributed by atoms with Crippen LogP contribution in [0.15, 0.2) is 48.8 Å². The van der Waals surface area contributed by atoms with Crippen LogP contribution in [0.3, 0.4) is 0 Å². The van der Waals surface area contributed by atoms with E-state index < -0.39 is 0 Å². The number of amides is 1. The van der Waals surface area contributed by atoms with Crippen molar-refractivity contribution in [2.75, 3.05) is 39.7 Å². The van der Waals surface area contributed by atoms with Crippen LogP contribution in [-0.4, -0.2) is 50.3 Å². The number of pyridine rings is 2. The van der Waals surface area contributed by atoms with Gasteiger partial charge in [0.05, 0.1) is 31.8 Å². The van der Waals surface area contributed by atoms with Gasteiger partial charge in [-0.3, -0.25) is 14.8 Å². The first-order valence-corrected chi connectivity index (χ1v) is 13.8. The SMILES string of the molecule is CNCCCOc1cc2nccc(Oc3c(P)cc(NC(=O)c4c(OC)ccnc4P)cc3P)c2cc1OC. The lowest BCUT2D eigenvalue weighted by Crippen LogP contribution is -2.22. The number of nitrogens with zero attached hydrogens (tertiary/aromatic N) is 2. The van der Waals surface area contributed by atoms with Gasteiger partial charge in [0.15, 0.2) is 11.5 Å². The maximum Gasteiger partial charge on any atom is 0.261 e. The van der Waals surface area contributed by atoms with E-state index in [0.717, 1.165) is 34.5 Å². The zero-order valence-corrected chi connectivity index (χ0v) is 25.4. The Morgan fingerprint density at radius 1 is 0.897 bits per heavy atom. The Bertz CT molecular complexity index is 1480. The molecule has 204 valence electrons. The van der Waals surface area contributed by atoms with Gasteiger partial charge in [0.25, 0.3) is 5.91 Å². The molecule has 0 fully saturated rings. The highest BCUT2D eigenvalue weighted by atomic mass is 31.0. The van der Waals surface area contributed by atoms with Crippen LogP contribution in [0.5, 0.6) is 28.7 Å². The molecule has 2 heterocycles. The summed E-state index contributed by atoms with van der Waals surface area (Å²) in [5.74, 6) is 2.56. The Morgan fingerprint density at radius 3 is 2.28 bits per heavy atom. The molecule has 12 heteroatoms. The van der Waals surface area contributed by atoms with E-state index in [1.165, 1.54) is 7.11 Å². The molecule has 0 aliphatic heterocycles. The molecule has 2 aromatic carbocycles. The van der Waals surface area contributed by atoms with Crippen LogP contribution in [0, 0.1) is 0 Å². The van der Waals surface area contributed by atoms with E-state index in [1.54, 1.807) is 31.6 Å².